The molecule has 0 saturated carbocycles. The molecule has 12 heteroatoms. The van der Waals surface area contributed by atoms with E-state index in [4.69, 9.17) is 19.1 Å². The number of phosphoric ester groups is 1. The molecule has 0 aliphatic carbocycles. The molecule has 0 saturated heterocycles. The SMILES string of the molecule is CCCCC/C=C\C/C=C\C/C=C\C=C\[C@@H](O)CCCC(=O)OC[C@H](COP(=O)(O)OC[C@@H](O)CO)OC(=O)CCCC/C=C\C/C=C\C/C=C\CCCCC. The molecule has 1 unspecified atom stereocenters. The molecule has 0 spiro atoms. The summed E-state index contributed by atoms with van der Waals surface area (Å²) in [5, 5.41) is 28.5. The van der Waals surface area contributed by atoms with Crippen LogP contribution < -0.4 is 0 Å². The minimum Gasteiger partial charge on any atom is -0.462 e. The molecule has 0 aliphatic rings. The molecule has 0 aromatic carbocycles. The van der Waals surface area contributed by atoms with E-state index < -0.39 is 64.5 Å². The average Bonchev–Trinajstić information content (AvgIpc) is 3.18. The van der Waals surface area contributed by atoms with Gasteiger partial charge in [-0.05, 0) is 83.5 Å². The summed E-state index contributed by atoms with van der Waals surface area (Å²) >= 11 is 0. The van der Waals surface area contributed by atoms with E-state index in [-0.39, 0.29) is 12.8 Å². The number of allylic oxidation sites excluding steroid dienone is 13. The van der Waals surface area contributed by atoms with E-state index in [1.165, 1.54) is 38.5 Å². The largest absolute Gasteiger partial charge is 0.472 e. The Balaban J connectivity index is 4.61. The summed E-state index contributed by atoms with van der Waals surface area (Å²) in [6.07, 6.45) is 41.5. The zero-order valence-electron chi connectivity index (χ0n) is 34.2. The lowest BCUT2D eigenvalue weighted by Crippen LogP contribution is -2.30. The van der Waals surface area contributed by atoms with E-state index in [1.54, 1.807) is 12.2 Å². The molecule has 0 aliphatic heterocycles. The van der Waals surface area contributed by atoms with Crippen LogP contribution in [-0.2, 0) is 32.7 Å². The number of unbranched alkanes of at least 4 members (excludes halogenated alkanes) is 8. The zero-order valence-corrected chi connectivity index (χ0v) is 35.1. The van der Waals surface area contributed by atoms with Crippen LogP contribution in [0.2, 0.25) is 0 Å². The highest BCUT2D eigenvalue weighted by Gasteiger charge is 2.27. The molecule has 4 N–H and O–H groups in total. The van der Waals surface area contributed by atoms with Crippen LogP contribution in [0.25, 0.3) is 0 Å². The summed E-state index contributed by atoms with van der Waals surface area (Å²) in [6, 6.07) is 0. The van der Waals surface area contributed by atoms with Gasteiger partial charge in [0.1, 0.15) is 12.7 Å². The number of phosphoric acid groups is 1. The van der Waals surface area contributed by atoms with Gasteiger partial charge in [0.25, 0.3) is 0 Å². The first-order valence-corrected chi connectivity index (χ1v) is 22.1. The Morgan fingerprint density at radius 1 is 0.607 bits per heavy atom. The number of esters is 2. The summed E-state index contributed by atoms with van der Waals surface area (Å²) < 4.78 is 32.5. The van der Waals surface area contributed by atoms with Crippen molar-refractivity contribution in [3.05, 3.63) is 85.1 Å². The average molecular weight is 809 g/mol. The molecule has 0 amide bonds. The molecule has 0 radical (unpaired) electrons. The minimum absolute atomic E-state index is 0.000241. The smallest absolute Gasteiger partial charge is 0.462 e. The number of carbonyl (C=O) groups excluding carboxylic acids is 2. The van der Waals surface area contributed by atoms with Crippen LogP contribution in [0.15, 0.2) is 85.1 Å². The second-order valence-electron chi connectivity index (χ2n) is 13.5. The molecule has 11 nitrogen and oxygen atoms in total. The van der Waals surface area contributed by atoms with Crippen molar-refractivity contribution in [1.82, 2.24) is 0 Å². The molecule has 0 heterocycles. The number of aliphatic hydroxyl groups excluding tert-OH is 3. The Bertz CT molecular complexity index is 1220. The van der Waals surface area contributed by atoms with Gasteiger partial charge in [-0.1, -0.05) is 125 Å². The first kappa shape index (κ1) is 53.1. The standard InChI is InChI=1S/C44H73O11P/c1-3-5-7-9-11-13-15-17-18-20-22-24-26-28-30-34-44(49)55-42(39-54-56(50,51)53-37-41(47)36-45)38-52-43(48)35-31-33-40(46)32-29-27-25-23-21-19-16-14-12-10-8-6-4-2/h11-14,17-19,21-22,24-25,27,29,32,40-42,45-47H,3-10,15-16,20,23,26,28,30-31,33-39H2,1-2H3,(H,50,51)/b13-11-,14-12-,18-17-,21-19-,24-22-,27-25-,32-29+/t40-,41+,42-/m1/s1. The van der Waals surface area contributed by atoms with Crippen molar-refractivity contribution < 1.29 is 52.9 Å². The maximum Gasteiger partial charge on any atom is 0.472 e. The molecule has 320 valence electrons. The van der Waals surface area contributed by atoms with Crippen molar-refractivity contribution in [2.75, 3.05) is 26.4 Å². The summed E-state index contributed by atoms with van der Waals surface area (Å²) in [5.41, 5.74) is 0. The third-order valence-corrected chi connectivity index (χ3v) is 9.08. The number of carbonyl (C=O) groups is 2. The quantitative estimate of drug-likeness (QED) is 0.0155. The summed E-state index contributed by atoms with van der Waals surface area (Å²) in [6.45, 7) is 2.03. The van der Waals surface area contributed by atoms with E-state index in [2.05, 4.69) is 79.1 Å². The van der Waals surface area contributed by atoms with Crippen LogP contribution in [0.5, 0.6) is 0 Å². The number of rotatable bonds is 37. The molecule has 0 fully saturated rings. The van der Waals surface area contributed by atoms with Gasteiger partial charge >= 0.3 is 19.8 Å². The lowest BCUT2D eigenvalue weighted by Gasteiger charge is -2.20. The van der Waals surface area contributed by atoms with E-state index in [1.807, 2.05) is 12.2 Å². The van der Waals surface area contributed by atoms with Crippen molar-refractivity contribution in [3.8, 4) is 0 Å². The highest BCUT2D eigenvalue weighted by molar-refractivity contribution is 7.47. The van der Waals surface area contributed by atoms with Gasteiger partial charge in [-0.25, -0.2) is 4.57 Å². The van der Waals surface area contributed by atoms with Crippen LogP contribution in [0.3, 0.4) is 0 Å². The number of hydrogen-bond donors (Lipinski definition) is 4. The van der Waals surface area contributed by atoms with Gasteiger partial charge in [0, 0.05) is 12.8 Å². The summed E-state index contributed by atoms with van der Waals surface area (Å²) in [4.78, 5) is 34.9. The van der Waals surface area contributed by atoms with E-state index in [0.29, 0.717) is 19.3 Å². The fourth-order valence-corrected chi connectivity index (χ4v) is 5.65. The normalized spacial score (nSPS) is 15.3. The predicted octanol–water partition coefficient (Wildman–Crippen LogP) is 9.63. The fourth-order valence-electron chi connectivity index (χ4n) is 4.87. The van der Waals surface area contributed by atoms with E-state index in [0.717, 1.165) is 51.4 Å². The minimum atomic E-state index is -4.68. The van der Waals surface area contributed by atoms with Crippen LogP contribution in [0.4, 0.5) is 0 Å². The lowest BCUT2D eigenvalue weighted by molar-refractivity contribution is -0.161. The zero-order chi connectivity index (χ0) is 41.4. The van der Waals surface area contributed by atoms with Crippen LogP contribution in [-0.4, -0.2) is 76.9 Å². The molecular weight excluding hydrogens is 735 g/mol. The van der Waals surface area contributed by atoms with Gasteiger partial charge in [0.05, 0.1) is 25.9 Å². The van der Waals surface area contributed by atoms with Gasteiger partial charge in [-0.15, -0.1) is 0 Å². The summed E-state index contributed by atoms with van der Waals surface area (Å²) in [5.74, 6) is -1.18. The summed E-state index contributed by atoms with van der Waals surface area (Å²) in [7, 11) is -4.68. The van der Waals surface area contributed by atoms with Crippen LogP contribution >= 0.6 is 7.82 Å². The van der Waals surface area contributed by atoms with Gasteiger partial charge in [-0.2, -0.15) is 0 Å². The fraction of sp³-hybridized carbons (Fsp3) is 0.636. The molecule has 56 heavy (non-hydrogen) atoms. The number of ether oxygens (including phenoxy) is 2. The van der Waals surface area contributed by atoms with Crippen molar-refractivity contribution in [2.45, 2.75) is 154 Å². The van der Waals surface area contributed by atoms with Crippen molar-refractivity contribution in [1.29, 1.82) is 0 Å². The molecule has 0 aromatic rings. The highest BCUT2D eigenvalue weighted by Crippen LogP contribution is 2.43. The molecule has 0 bridgehead atoms. The van der Waals surface area contributed by atoms with Crippen molar-refractivity contribution in [2.24, 2.45) is 0 Å². The van der Waals surface area contributed by atoms with Crippen molar-refractivity contribution >= 4 is 19.8 Å². The van der Waals surface area contributed by atoms with Crippen LogP contribution in [0, 0.1) is 0 Å². The van der Waals surface area contributed by atoms with Gasteiger partial charge in [0.2, 0.25) is 0 Å². The molecule has 0 aromatic heterocycles. The number of aliphatic hydroxyl groups is 3. The topological polar surface area (TPSA) is 169 Å². The second kappa shape index (κ2) is 39.0. The molecular formula is C44H73O11P. The van der Waals surface area contributed by atoms with Crippen molar-refractivity contribution in [3.63, 3.8) is 0 Å². The van der Waals surface area contributed by atoms with E-state index >= 15 is 0 Å². The van der Waals surface area contributed by atoms with Crippen LogP contribution in [0.1, 0.15) is 136 Å². The Morgan fingerprint density at radius 2 is 1.11 bits per heavy atom. The third kappa shape index (κ3) is 38.0. The maximum absolute atomic E-state index is 12.6. The Kier molecular flexibility index (Phi) is 36.9. The Hall–Kier alpha value is -2.89. The van der Waals surface area contributed by atoms with Gasteiger partial charge in [-0.3, -0.25) is 18.6 Å². The maximum atomic E-state index is 12.6. The Labute approximate surface area is 337 Å². The third-order valence-electron chi connectivity index (χ3n) is 8.13. The Morgan fingerprint density at radius 3 is 1.66 bits per heavy atom. The molecule has 4 atom stereocenters. The van der Waals surface area contributed by atoms with Gasteiger partial charge in [0.15, 0.2) is 6.10 Å². The molecule has 0 rings (SSSR count). The van der Waals surface area contributed by atoms with E-state index in [9.17, 15) is 29.3 Å². The first-order chi connectivity index (χ1) is 27.1. The van der Waals surface area contributed by atoms with Gasteiger partial charge < -0.3 is 29.7 Å². The highest BCUT2D eigenvalue weighted by atomic mass is 31.2. The lowest BCUT2D eigenvalue weighted by atomic mass is 10.1. The second-order valence-corrected chi connectivity index (χ2v) is 15.0. The predicted molar refractivity (Wildman–Crippen MR) is 225 cm³/mol. The first-order valence-electron chi connectivity index (χ1n) is 20.7. The number of hydrogen-bond acceptors (Lipinski definition) is 10. The monoisotopic (exact) mass is 808 g/mol.